The molecule has 0 saturated carbocycles. The summed E-state index contributed by atoms with van der Waals surface area (Å²) in [6.07, 6.45) is 2.16. The topological polar surface area (TPSA) is 38.0 Å². The summed E-state index contributed by atoms with van der Waals surface area (Å²) >= 11 is 0. The van der Waals surface area contributed by atoms with E-state index in [9.17, 15) is 4.39 Å². The van der Waals surface area contributed by atoms with Crippen LogP contribution in [0.3, 0.4) is 0 Å². The van der Waals surface area contributed by atoms with Crippen LogP contribution in [-0.2, 0) is 0 Å². The molecule has 1 heterocycles. The van der Waals surface area contributed by atoms with E-state index in [2.05, 4.69) is 5.32 Å². The number of benzene rings is 1. The first-order valence-corrected chi connectivity index (χ1v) is 5.03. The van der Waals surface area contributed by atoms with E-state index in [1.165, 1.54) is 0 Å². The summed E-state index contributed by atoms with van der Waals surface area (Å²) in [4.78, 5) is 0. The summed E-state index contributed by atoms with van der Waals surface area (Å²) in [5.41, 5.74) is 6.55. The van der Waals surface area contributed by atoms with Crippen LogP contribution in [0.2, 0.25) is 0 Å². The molecule has 3 N–H and O–H groups in total. The molecule has 0 aromatic heterocycles. The lowest BCUT2D eigenvalue weighted by molar-refractivity contribution is 0.447. The Bertz CT molecular complexity index is 319. The predicted molar refractivity (Wildman–Crippen MR) is 55.7 cm³/mol. The molecule has 76 valence electrons. The Labute approximate surface area is 83.3 Å². The first kappa shape index (κ1) is 9.46. The van der Waals surface area contributed by atoms with Gasteiger partial charge in [0.15, 0.2) is 0 Å². The molecule has 0 radical (unpaired) electrons. The lowest BCUT2D eigenvalue weighted by Gasteiger charge is -2.23. The van der Waals surface area contributed by atoms with Crippen molar-refractivity contribution in [2.75, 3.05) is 18.8 Å². The van der Waals surface area contributed by atoms with E-state index in [1.807, 2.05) is 12.1 Å². The van der Waals surface area contributed by atoms with E-state index in [4.69, 9.17) is 5.73 Å². The first-order valence-electron chi connectivity index (χ1n) is 5.03. The van der Waals surface area contributed by atoms with E-state index in [-0.39, 0.29) is 17.4 Å². The number of hydrogen-bond donors (Lipinski definition) is 2. The van der Waals surface area contributed by atoms with Gasteiger partial charge in [-0.05, 0) is 36.9 Å². The molecule has 1 aliphatic heterocycles. The van der Waals surface area contributed by atoms with Crippen LogP contribution in [0.5, 0.6) is 0 Å². The zero-order valence-electron chi connectivity index (χ0n) is 8.09. The van der Waals surface area contributed by atoms with Crippen LogP contribution in [0.1, 0.15) is 24.3 Å². The SMILES string of the molecule is Nc1cccc([C@H]2CCCNC2)c1F. The largest absolute Gasteiger partial charge is 0.396 e. The normalized spacial score (nSPS) is 22.2. The third-order valence-corrected chi connectivity index (χ3v) is 2.80. The Hall–Kier alpha value is -1.09. The molecule has 0 amide bonds. The highest BCUT2D eigenvalue weighted by molar-refractivity contribution is 5.44. The number of nitrogen functional groups attached to an aromatic ring is 1. The van der Waals surface area contributed by atoms with Gasteiger partial charge in [-0.1, -0.05) is 12.1 Å². The number of rotatable bonds is 1. The Morgan fingerprint density at radius 1 is 1.43 bits per heavy atom. The van der Waals surface area contributed by atoms with E-state index < -0.39 is 0 Å². The van der Waals surface area contributed by atoms with Crippen LogP contribution in [0.25, 0.3) is 0 Å². The molecule has 1 atom stereocenters. The second kappa shape index (κ2) is 3.96. The van der Waals surface area contributed by atoms with Crippen LogP contribution < -0.4 is 11.1 Å². The second-order valence-corrected chi connectivity index (χ2v) is 3.79. The molecule has 1 fully saturated rings. The predicted octanol–water partition coefficient (Wildman–Crippen LogP) is 1.87. The first-order chi connectivity index (χ1) is 6.79. The molecular weight excluding hydrogens is 179 g/mol. The number of nitrogens with one attached hydrogen (secondary N) is 1. The maximum atomic E-state index is 13.6. The fourth-order valence-corrected chi connectivity index (χ4v) is 2.00. The summed E-state index contributed by atoms with van der Waals surface area (Å²) in [7, 11) is 0. The standard InChI is InChI=1S/C11H15FN2/c12-11-9(4-1-5-10(11)13)8-3-2-6-14-7-8/h1,4-5,8,14H,2-3,6-7,13H2/t8-/m0/s1. The zero-order chi connectivity index (χ0) is 9.97. The molecule has 2 nitrogen and oxygen atoms in total. The van der Waals surface area contributed by atoms with E-state index in [0.29, 0.717) is 0 Å². The van der Waals surface area contributed by atoms with Gasteiger partial charge in [0.05, 0.1) is 5.69 Å². The lowest BCUT2D eigenvalue weighted by atomic mass is 9.91. The van der Waals surface area contributed by atoms with Crippen molar-refractivity contribution in [1.82, 2.24) is 5.32 Å². The van der Waals surface area contributed by atoms with Crippen molar-refractivity contribution in [3.05, 3.63) is 29.6 Å². The molecule has 1 saturated heterocycles. The van der Waals surface area contributed by atoms with Gasteiger partial charge < -0.3 is 11.1 Å². The number of nitrogens with two attached hydrogens (primary N) is 1. The van der Waals surface area contributed by atoms with E-state index in [0.717, 1.165) is 31.5 Å². The molecule has 0 unspecified atom stereocenters. The second-order valence-electron chi connectivity index (χ2n) is 3.79. The highest BCUT2D eigenvalue weighted by Crippen LogP contribution is 2.27. The van der Waals surface area contributed by atoms with Crippen molar-refractivity contribution in [2.24, 2.45) is 0 Å². The van der Waals surface area contributed by atoms with Crippen molar-refractivity contribution >= 4 is 5.69 Å². The molecule has 0 spiro atoms. The Morgan fingerprint density at radius 3 is 3.00 bits per heavy atom. The third-order valence-electron chi connectivity index (χ3n) is 2.80. The third kappa shape index (κ3) is 1.73. The maximum Gasteiger partial charge on any atom is 0.149 e. The lowest BCUT2D eigenvalue weighted by Crippen LogP contribution is -2.28. The molecule has 3 heteroatoms. The van der Waals surface area contributed by atoms with Crippen LogP contribution >= 0.6 is 0 Å². The summed E-state index contributed by atoms with van der Waals surface area (Å²) in [6, 6.07) is 5.26. The maximum absolute atomic E-state index is 13.6. The van der Waals surface area contributed by atoms with Crippen molar-refractivity contribution in [1.29, 1.82) is 0 Å². The van der Waals surface area contributed by atoms with Crippen molar-refractivity contribution in [3.8, 4) is 0 Å². The monoisotopic (exact) mass is 194 g/mol. The van der Waals surface area contributed by atoms with Crippen molar-refractivity contribution in [3.63, 3.8) is 0 Å². The fraction of sp³-hybridized carbons (Fsp3) is 0.455. The van der Waals surface area contributed by atoms with Crippen LogP contribution in [-0.4, -0.2) is 13.1 Å². The molecule has 1 aliphatic rings. The van der Waals surface area contributed by atoms with Crippen molar-refractivity contribution < 1.29 is 4.39 Å². The average molecular weight is 194 g/mol. The number of hydrogen-bond acceptors (Lipinski definition) is 2. The van der Waals surface area contributed by atoms with Gasteiger partial charge in [-0.15, -0.1) is 0 Å². The van der Waals surface area contributed by atoms with Crippen LogP contribution in [0, 0.1) is 5.82 Å². The quantitative estimate of drug-likeness (QED) is 0.670. The van der Waals surface area contributed by atoms with Gasteiger partial charge in [-0.3, -0.25) is 0 Å². The minimum Gasteiger partial charge on any atom is -0.396 e. The molecule has 2 rings (SSSR count). The fourth-order valence-electron chi connectivity index (χ4n) is 2.00. The number of piperidine rings is 1. The molecule has 1 aromatic carbocycles. The Morgan fingerprint density at radius 2 is 2.29 bits per heavy atom. The van der Waals surface area contributed by atoms with E-state index >= 15 is 0 Å². The highest BCUT2D eigenvalue weighted by atomic mass is 19.1. The van der Waals surface area contributed by atoms with Gasteiger partial charge >= 0.3 is 0 Å². The number of halogens is 1. The Balaban J connectivity index is 2.26. The van der Waals surface area contributed by atoms with Gasteiger partial charge in [-0.2, -0.15) is 0 Å². The van der Waals surface area contributed by atoms with E-state index in [1.54, 1.807) is 6.07 Å². The van der Waals surface area contributed by atoms with Gasteiger partial charge in [-0.25, -0.2) is 4.39 Å². The molecular formula is C11H15FN2. The summed E-state index contributed by atoms with van der Waals surface area (Å²) in [6.45, 7) is 1.90. The van der Waals surface area contributed by atoms with Crippen LogP contribution in [0.4, 0.5) is 10.1 Å². The van der Waals surface area contributed by atoms with Crippen molar-refractivity contribution in [2.45, 2.75) is 18.8 Å². The summed E-state index contributed by atoms with van der Waals surface area (Å²) < 4.78 is 13.6. The minimum absolute atomic E-state index is 0.235. The highest BCUT2D eigenvalue weighted by Gasteiger charge is 2.19. The molecule has 14 heavy (non-hydrogen) atoms. The van der Waals surface area contributed by atoms with Gasteiger partial charge in [0.25, 0.3) is 0 Å². The minimum atomic E-state index is -0.235. The van der Waals surface area contributed by atoms with Gasteiger partial charge in [0, 0.05) is 6.54 Å². The Kier molecular flexibility index (Phi) is 2.68. The zero-order valence-corrected chi connectivity index (χ0v) is 8.09. The number of anilines is 1. The summed E-state index contributed by atoms with van der Waals surface area (Å²) in [5, 5.41) is 3.27. The van der Waals surface area contributed by atoms with Gasteiger partial charge in [0.1, 0.15) is 5.82 Å². The summed E-state index contributed by atoms with van der Waals surface area (Å²) in [5.74, 6) is 0.0495. The molecule has 1 aromatic rings. The average Bonchev–Trinajstić information content (AvgIpc) is 2.23. The molecule has 0 aliphatic carbocycles. The van der Waals surface area contributed by atoms with Crippen LogP contribution in [0.15, 0.2) is 18.2 Å². The smallest absolute Gasteiger partial charge is 0.149 e. The molecule has 0 bridgehead atoms. The van der Waals surface area contributed by atoms with Gasteiger partial charge in [0.2, 0.25) is 0 Å².